The summed E-state index contributed by atoms with van der Waals surface area (Å²) < 4.78 is 5.92. The summed E-state index contributed by atoms with van der Waals surface area (Å²) in [6.45, 7) is 4.32. The van der Waals surface area contributed by atoms with Crippen molar-refractivity contribution in [2.45, 2.75) is 13.8 Å². The number of nitrogens with one attached hydrogen (secondary N) is 1. The summed E-state index contributed by atoms with van der Waals surface area (Å²) in [6, 6.07) is 29.5. The fourth-order valence-electron chi connectivity index (χ4n) is 3.89. The van der Waals surface area contributed by atoms with Crippen molar-refractivity contribution in [3.8, 4) is 11.1 Å². The van der Waals surface area contributed by atoms with Crippen molar-refractivity contribution < 1.29 is 4.42 Å². The first-order valence-corrected chi connectivity index (χ1v) is 9.54. The number of anilines is 2. The fourth-order valence-corrected chi connectivity index (χ4v) is 3.89. The minimum Gasteiger partial charge on any atom is -0.456 e. The first-order chi connectivity index (χ1) is 13.7. The molecule has 0 spiro atoms. The Morgan fingerprint density at radius 1 is 0.571 bits per heavy atom. The van der Waals surface area contributed by atoms with Crippen LogP contribution in [-0.2, 0) is 0 Å². The van der Waals surface area contributed by atoms with Crippen molar-refractivity contribution in [3.05, 3.63) is 96.1 Å². The van der Waals surface area contributed by atoms with Gasteiger partial charge in [-0.25, -0.2) is 0 Å². The first-order valence-electron chi connectivity index (χ1n) is 9.54. The summed E-state index contributed by atoms with van der Waals surface area (Å²) in [6.07, 6.45) is 0. The van der Waals surface area contributed by atoms with Gasteiger partial charge >= 0.3 is 0 Å². The Morgan fingerprint density at radius 3 is 2.11 bits per heavy atom. The van der Waals surface area contributed by atoms with Gasteiger partial charge in [0.2, 0.25) is 0 Å². The first kappa shape index (κ1) is 16.6. The highest BCUT2D eigenvalue weighted by Crippen LogP contribution is 2.33. The number of hydrogen-bond donors (Lipinski definition) is 1. The molecule has 2 heteroatoms. The van der Waals surface area contributed by atoms with Gasteiger partial charge in [0.15, 0.2) is 0 Å². The molecular weight excluding hydrogens is 342 g/mol. The molecule has 0 saturated heterocycles. The van der Waals surface area contributed by atoms with Gasteiger partial charge in [0.05, 0.1) is 0 Å². The van der Waals surface area contributed by atoms with Crippen molar-refractivity contribution in [1.82, 2.24) is 0 Å². The van der Waals surface area contributed by atoms with Crippen LogP contribution in [0.25, 0.3) is 33.1 Å². The number of hydrogen-bond acceptors (Lipinski definition) is 2. The van der Waals surface area contributed by atoms with Gasteiger partial charge in [-0.1, -0.05) is 48.5 Å². The predicted molar refractivity (Wildman–Crippen MR) is 118 cm³/mol. The molecular formula is C26H21NO. The van der Waals surface area contributed by atoms with Crippen LogP contribution in [0.1, 0.15) is 11.1 Å². The Kier molecular flexibility index (Phi) is 3.91. The van der Waals surface area contributed by atoms with E-state index < -0.39 is 0 Å². The van der Waals surface area contributed by atoms with Crippen LogP contribution >= 0.6 is 0 Å². The van der Waals surface area contributed by atoms with Gasteiger partial charge in [-0.3, -0.25) is 0 Å². The number of fused-ring (bicyclic) bond motifs is 3. The maximum Gasteiger partial charge on any atom is 0.135 e. The molecule has 0 bridgehead atoms. The van der Waals surface area contributed by atoms with Gasteiger partial charge in [-0.2, -0.15) is 0 Å². The summed E-state index contributed by atoms with van der Waals surface area (Å²) in [5, 5.41) is 5.82. The molecule has 5 rings (SSSR count). The Labute approximate surface area is 164 Å². The lowest BCUT2D eigenvalue weighted by atomic mass is 9.96. The van der Waals surface area contributed by atoms with Crippen LogP contribution in [0.4, 0.5) is 11.4 Å². The lowest BCUT2D eigenvalue weighted by molar-refractivity contribution is 0.669. The van der Waals surface area contributed by atoms with Crippen molar-refractivity contribution in [3.63, 3.8) is 0 Å². The minimum absolute atomic E-state index is 0.915. The Balaban J connectivity index is 1.50. The lowest BCUT2D eigenvalue weighted by Gasteiger charge is -2.12. The zero-order valence-corrected chi connectivity index (χ0v) is 16.0. The normalized spacial score (nSPS) is 11.2. The second-order valence-electron chi connectivity index (χ2n) is 7.28. The van der Waals surface area contributed by atoms with E-state index in [2.05, 4.69) is 79.8 Å². The Bertz CT molecular complexity index is 1310. The van der Waals surface area contributed by atoms with Gasteiger partial charge < -0.3 is 9.73 Å². The van der Waals surface area contributed by atoms with Crippen molar-refractivity contribution >= 4 is 33.3 Å². The highest BCUT2D eigenvalue weighted by Gasteiger charge is 2.08. The molecule has 5 aromatic rings. The van der Waals surface area contributed by atoms with E-state index in [0.717, 1.165) is 33.3 Å². The van der Waals surface area contributed by atoms with Crippen LogP contribution in [0.3, 0.4) is 0 Å². The van der Waals surface area contributed by atoms with Crippen LogP contribution in [0.5, 0.6) is 0 Å². The molecule has 1 N–H and O–H groups in total. The zero-order valence-electron chi connectivity index (χ0n) is 16.0. The summed E-state index contributed by atoms with van der Waals surface area (Å²) in [5.41, 5.74) is 9.10. The SMILES string of the molecule is Cc1ccccc1-c1ccc(Nc2ccc3oc4ccccc4c3c2)cc1C. The molecule has 0 fully saturated rings. The molecule has 28 heavy (non-hydrogen) atoms. The van der Waals surface area contributed by atoms with Gasteiger partial charge in [0.1, 0.15) is 11.2 Å². The standard InChI is InChI=1S/C26H21NO/c1-17-7-3-4-8-21(17)22-13-11-19(15-18(22)2)27-20-12-14-26-24(16-20)23-9-5-6-10-25(23)28-26/h3-16,27H,1-2H3. The third-order valence-corrected chi connectivity index (χ3v) is 5.33. The monoisotopic (exact) mass is 363 g/mol. The highest BCUT2D eigenvalue weighted by molar-refractivity contribution is 6.06. The third kappa shape index (κ3) is 2.84. The van der Waals surface area contributed by atoms with Gasteiger partial charge in [-0.15, -0.1) is 0 Å². The number of aryl methyl sites for hydroxylation is 2. The molecule has 0 aliphatic carbocycles. The van der Waals surface area contributed by atoms with E-state index in [-0.39, 0.29) is 0 Å². The zero-order chi connectivity index (χ0) is 19.1. The Hall–Kier alpha value is -3.52. The molecule has 4 aromatic carbocycles. The maximum absolute atomic E-state index is 5.92. The highest BCUT2D eigenvalue weighted by atomic mass is 16.3. The molecule has 0 aliphatic rings. The molecule has 0 amide bonds. The molecule has 1 heterocycles. The van der Waals surface area contributed by atoms with E-state index >= 15 is 0 Å². The van der Waals surface area contributed by atoms with Crippen LogP contribution in [0.2, 0.25) is 0 Å². The second kappa shape index (κ2) is 6.58. The summed E-state index contributed by atoms with van der Waals surface area (Å²) >= 11 is 0. The number of para-hydroxylation sites is 1. The van der Waals surface area contributed by atoms with Crippen LogP contribution in [-0.4, -0.2) is 0 Å². The minimum atomic E-state index is 0.915. The molecule has 0 atom stereocenters. The van der Waals surface area contributed by atoms with E-state index in [0.29, 0.717) is 0 Å². The van der Waals surface area contributed by atoms with Crippen LogP contribution < -0.4 is 5.32 Å². The average molecular weight is 363 g/mol. The summed E-state index contributed by atoms with van der Waals surface area (Å²) in [4.78, 5) is 0. The number of rotatable bonds is 3. The molecule has 136 valence electrons. The van der Waals surface area contributed by atoms with Gasteiger partial charge in [-0.05, 0) is 72.5 Å². The van der Waals surface area contributed by atoms with Crippen LogP contribution in [0, 0.1) is 13.8 Å². The van der Waals surface area contributed by atoms with Crippen molar-refractivity contribution in [2.75, 3.05) is 5.32 Å². The maximum atomic E-state index is 5.92. The molecule has 0 saturated carbocycles. The molecule has 0 aliphatic heterocycles. The topological polar surface area (TPSA) is 25.2 Å². The largest absolute Gasteiger partial charge is 0.456 e. The lowest BCUT2D eigenvalue weighted by Crippen LogP contribution is -1.93. The fraction of sp³-hybridized carbons (Fsp3) is 0.0769. The second-order valence-corrected chi connectivity index (χ2v) is 7.28. The average Bonchev–Trinajstić information content (AvgIpc) is 3.07. The van der Waals surface area contributed by atoms with Gasteiger partial charge in [0, 0.05) is 22.1 Å². The predicted octanol–water partition coefficient (Wildman–Crippen LogP) is 7.61. The molecule has 0 radical (unpaired) electrons. The van der Waals surface area contributed by atoms with Crippen molar-refractivity contribution in [1.29, 1.82) is 0 Å². The molecule has 1 aromatic heterocycles. The molecule has 0 unspecified atom stereocenters. The van der Waals surface area contributed by atoms with E-state index in [1.54, 1.807) is 0 Å². The summed E-state index contributed by atoms with van der Waals surface area (Å²) in [7, 11) is 0. The van der Waals surface area contributed by atoms with Crippen molar-refractivity contribution in [2.24, 2.45) is 0 Å². The van der Waals surface area contributed by atoms with Crippen LogP contribution in [0.15, 0.2) is 89.3 Å². The third-order valence-electron chi connectivity index (χ3n) is 5.33. The Morgan fingerprint density at radius 2 is 1.25 bits per heavy atom. The van der Waals surface area contributed by atoms with E-state index in [9.17, 15) is 0 Å². The van der Waals surface area contributed by atoms with Gasteiger partial charge in [0.25, 0.3) is 0 Å². The summed E-state index contributed by atoms with van der Waals surface area (Å²) in [5.74, 6) is 0. The van der Waals surface area contributed by atoms with E-state index in [1.165, 1.54) is 22.3 Å². The number of furan rings is 1. The van der Waals surface area contributed by atoms with E-state index in [1.807, 2.05) is 24.3 Å². The number of benzene rings is 4. The quantitative estimate of drug-likeness (QED) is 0.357. The smallest absolute Gasteiger partial charge is 0.135 e. The van der Waals surface area contributed by atoms with E-state index in [4.69, 9.17) is 4.42 Å². The molecule has 2 nitrogen and oxygen atoms in total.